The molecule has 0 saturated heterocycles. The van der Waals surface area contributed by atoms with Gasteiger partial charge in [0.1, 0.15) is 0 Å². The first-order valence-electron chi connectivity index (χ1n) is 7.76. The molecule has 1 amide bonds. The van der Waals surface area contributed by atoms with Crippen molar-refractivity contribution in [3.63, 3.8) is 0 Å². The zero-order chi connectivity index (χ0) is 17.6. The number of amides is 1. The summed E-state index contributed by atoms with van der Waals surface area (Å²) < 4.78 is 2.64. The SMILES string of the molecule is O=C(C[n+]1ccc(C(=O)c2ccccc2)cc1)Nc1cccc(Br)c1.[Cl-]. The summed E-state index contributed by atoms with van der Waals surface area (Å²) in [5.74, 6) is -0.170. The fourth-order valence-corrected chi connectivity index (χ4v) is 2.80. The highest BCUT2D eigenvalue weighted by Gasteiger charge is 2.13. The summed E-state index contributed by atoms with van der Waals surface area (Å²) in [5, 5.41) is 2.84. The van der Waals surface area contributed by atoms with Crippen molar-refractivity contribution in [1.29, 1.82) is 0 Å². The molecule has 1 N–H and O–H groups in total. The molecular formula is C20H16BrClN2O2. The van der Waals surface area contributed by atoms with Crippen molar-refractivity contribution in [3.05, 3.63) is 94.7 Å². The lowest BCUT2D eigenvalue weighted by atomic mass is 10.0. The van der Waals surface area contributed by atoms with Gasteiger partial charge in [0.2, 0.25) is 6.54 Å². The Morgan fingerprint density at radius 3 is 2.19 bits per heavy atom. The highest BCUT2D eigenvalue weighted by atomic mass is 79.9. The Hall–Kier alpha value is -2.50. The molecule has 1 heterocycles. The minimum Gasteiger partial charge on any atom is -1.00 e. The molecule has 4 nitrogen and oxygen atoms in total. The standard InChI is InChI=1S/C20H15BrN2O2.ClH/c21-17-7-4-8-18(13-17)22-19(24)14-23-11-9-16(10-12-23)20(25)15-5-2-1-3-6-15;/h1-13H,14H2;1H. The molecule has 0 radical (unpaired) electrons. The summed E-state index contributed by atoms with van der Waals surface area (Å²) in [6.07, 6.45) is 3.47. The molecule has 0 aliphatic carbocycles. The molecule has 0 aliphatic rings. The van der Waals surface area contributed by atoms with Crippen LogP contribution in [0.5, 0.6) is 0 Å². The molecule has 2 aromatic carbocycles. The minimum absolute atomic E-state index is 0. The Labute approximate surface area is 166 Å². The average molecular weight is 432 g/mol. The second kappa shape index (κ2) is 9.27. The van der Waals surface area contributed by atoms with Gasteiger partial charge in [0.05, 0.1) is 0 Å². The first-order valence-corrected chi connectivity index (χ1v) is 8.55. The van der Waals surface area contributed by atoms with Gasteiger partial charge in [0, 0.05) is 33.4 Å². The highest BCUT2D eigenvalue weighted by molar-refractivity contribution is 9.10. The maximum atomic E-state index is 12.4. The number of pyridine rings is 1. The first kappa shape index (κ1) is 19.8. The van der Waals surface area contributed by atoms with Gasteiger partial charge in [-0.15, -0.1) is 0 Å². The predicted molar refractivity (Wildman–Crippen MR) is 99.3 cm³/mol. The topological polar surface area (TPSA) is 50.0 Å². The molecule has 0 fully saturated rings. The molecule has 0 aliphatic heterocycles. The smallest absolute Gasteiger partial charge is 0.290 e. The molecule has 0 unspecified atom stereocenters. The fraction of sp³-hybridized carbons (Fsp3) is 0.0500. The molecule has 0 bridgehead atoms. The second-order valence-corrected chi connectivity index (χ2v) is 6.43. The van der Waals surface area contributed by atoms with Crippen LogP contribution >= 0.6 is 15.9 Å². The first-order chi connectivity index (χ1) is 12.1. The van der Waals surface area contributed by atoms with E-state index in [1.807, 2.05) is 42.5 Å². The number of rotatable bonds is 5. The Balaban J connectivity index is 0.00000243. The number of hydrogen-bond donors (Lipinski definition) is 1. The summed E-state index contributed by atoms with van der Waals surface area (Å²) in [6, 6.07) is 20.0. The van der Waals surface area contributed by atoms with E-state index in [-0.39, 0.29) is 30.6 Å². The van der Waals surface area contributed by atoms with Crippen LogP contribution in [0.4, 0.5) is 5.69 Å². The number of carbonyl (C=O) groups is 2. The van der Waals surface area contributed by atoms with Gasteiger partial charge in [0.15, 0.2) is 18.2 Å². The Bertz CT molecular complexity index is 899. The van der Waals surface area contributed by atoms with Gasteiger partial charge >= 0.3 is 0 Å². The van der Waals surface area contributed by atoms with E-state index >= 15 is 0 Å². The molecule has 0 atom stereocenters. The molecule has 3 aromatic rings. The molecule has 0 saturated carbocycles. The van der Waals surface area contributed by atoms with Gasteiger partial charge in [-0.25, -0.2) is 0 Å². The quantitative estimate of drug-likeness (QED) is 0.475. The third-order valence-electron chi connectivity index (χ3n) is 3.62. The monoisotopic (exact) mass is 430 g/mol. The summed E-state index contributed by atoms with van der Waals surface area (Å²) in [4.78, 5) is 24.5. The van der Waals surface area contributed by atoms with E-state index in [1.165, 1.54) is 0 Å². The molecular weight excluding hydrogens is 416 g/mol. The molecule has 26 heavy (non-hydrogen) atoms. The third-order valence-corrected chi connectivity index (χ3v) is 4.12. The van der Waals surface area contributed by atoms with Crippen molar-refractivity contribution < 1.29 is 26.6 Å². The van der Waals surface area contributed by atoms with Crippen LogP contribution in [0.15, 0.2) is 83.6 Å². The van der Waals surface area contributed by atoms with Crippen LogP contribution in [0.3, 0.4) is 0 Å². The minimum atomic E-state index is -0.134. The zero-order valence-electron chi connectivity index (χ0n) is 13.7. The lowest BCUT2D eigenvalue weighted by Crippen LogP contribution is -3.00. The van der Waals surface area contributed by atoms with Gasteiger partial charge in [-0.05, 0) is 18.2 Å². The van der Waals surface area contributed by atoms with Gasteiger partial charge in [-0.2, -0.15) is 4.57 Å². The molecule has 3 rings (SSSR count). The number of nitrogens with zero attached hydrogens (tertiary/aromatic N) is 1. The predicted octanol–water partition coefficient (Wildman–Crippen LogP) is 0.610. The molecule has 0 spiro atoms. The van der Waals surface area contributed by atoms with E-state index in [9.17, 15) is 9.59 Å². The number of ketones is 1. The summed E-state index contributed by atoms with van der Waals surface area (Å²) in [5.41, 5.74) is 1.97. The van der Waals surface area contributed by atoms with Crippen molar-refractivity contribution >= 4 is 33.3 Å². The van der Waals surface area contributed by atoms with E-state index in [4.69, 9.17) is 0 Å². The summed E-state index contributed by atoms with van der Waals surface area (Å²) >= 11 is 3.37. The van der Waals surface area contributed by atoms with Crippen molar-refractivity contribution in [3.8, 4) is 0 Å². The summed E-state index contributed by atoms with van der Waals surface area (Å²) in [6.45, 7) is 0.173. The van der Waals surface area contributed by atoms with Crippen molar-refractivity contribution in [2.75, 3.05) is 5.32 Å². The zero-order valence-corrected chi connectivity index (χ0v) is 16.1. The maximum Gasteiger partial charge on any atom is 0.290 e. The largest absolute Gasteiger partial charge is 1.00 e. The van der Waals surface area contributed by atoms with Crippen molar-refractivity contribution in [1.82, 2.24) is 0 Å². The van der Waals surface area contributed by atoms with Crippen LogP contribution in [0.25, 0.3) is 0 Å². The lowest BCUT2D eigenvalue weighted by molar-refractivity contribution is -0.684. The number of anilines is 1. The normalized spacial score (nSPS) is 9.88. The van der Waals surface area contributed by atoms with Crippen LogP contribution in [0.2, 0.25) is 0 Å². The fourth-order valence-electron chi connectivity index (χ4n) is 2.40. The number of hydrogen-bond acceptors (Lipinski definition) is 2. The Kier molecular flexibility index (Phi) is 7.06. The Morgan fingerprint density at radius 2 is 1.54 bits per heavy atom. The van der Waals surface area contributed by atoms with Crippen molar-refractivity contribution in [2.45, 2.75) is 6.54 Å². The average Bonchev–Trinajstić information content (AvgIpc) is 2.62. The van der Waals surface area contributed by atoms with Gasteiger partial charge in [-0.3, -0.25) is 9.59 Å². The molecule has 1 aromatic heterocycles. The number of aromatic nitrogens is 1. The number of halogens is 2. The van der Waals surface area contributed by atoms with Gasteiger partial charge < -0.3 is 17.7 Å². The van der Waals surface area contributed by atoms with Crippen LogP contribution in [-0.2, 0) is 11.3 Å². The van der Waals surface area contributed by atoms with Crippen LogP contribution in [0.1, 0.15) is 15.9 Å². The van der Waals surface area contributed by atoms with Crippen LogP contribution < -0.4 is 22.3 Å². The number of benzene rings is 2. The second-order valence-electron chi connectivity index (χ2n) is 5.51. The van der Waals surface area contributed by atoms with Crippen molar-refractivity contribution in [2.24, 2.45) is 0 Å². The van der Waals surface area contributed by atoms with E-state index in [1.54, 1.807) is 41.2 Å². The van der Waals surface area contributed by atoms with Crippen LogP contribution in [0, 0.1) is 0 Å². The Morgan fingerprint density at radius 1 is 0.885 bits per heavy atom. The highest BCUT2D eigenvalue weighted by Crippen LogP contribution is 2.15. The molecule has 132 valence electrons. The third kappa shape index (κ3) is 5.25. The van der Waals surface area contributed by atoms with Gasteiger partial charge in [-0.1, -0.05) is 52.3 Å². The van der Waals surface area contributed by atoms with E-state index < -0.39 is 0 Å². The number of carbonyl (C=O) groups excluding carboxylic acids is 2. The molecule has 6 heteroatoms. The number of nitrogens with one attached hydrogen (secondary N) is 1. The van der Waals surface area contributed by atoms with E-state index in [2.05, 4.69) is 21.2 Å². The maximum absolute atomic E-state index is 12.4. The van der Waals surface area contributed by atoms with Crippen LogP contribution in [-0.4, -0.2) is 11.7 Å². The van der Waals surface area contributed by atoms with E-state index in [0.29, 0.717) is 11.1 Å². The summed E-state index contributed by atoms with van der Waals surface area (Å²) in [7, 11) is 0. The van der Waals surface area contributed by atoms with Gasteiger partial charge in [0.25, 0.3) is 5.91 Å². The van der Waals surface area contributed by atoms with E-state index in [0.717, 1.165) is 10.2 Å². The lowest BCUT2D eigenvalue weighted by Gasteiger charge is -2.04.